The van der Waals surface area contributed by atoms with Crippen molar-refractivity contribution in [2.45, 2.75) is 64.1 Å². The maximum absolute atomic E-state index is 12.8. The van der Waals surface area contributed by atoms with Gasteiger partial charge in [-0.1, -0.05) is 20.3 Å². The molecule has 0 aromatic heterocycles. The van der Waals surface area contributed by atoms with Crippen molar-refractivity contribution in [3.05, 3.63) is 0 Å². The summed E-state index contributed by atoms with van der Waals surface area (Å²) in [5, 5.41) is 24.8. The number of carboxylic acid groups (broad SMARTS) is 2. The van der Waals surface area contributed by atoms with E-state index in [0.717, 1.165) is 0 Å². The smallest absolute Gasteiger partial charge is 0.322 e. The Labute approximate surface area is 191 Å². The molecule has 0 saturated heterocycles. The number of aliphatic imine (C=N–C) groups is 1. The minimum atomic E-state index is -1.28. The molecule has 0 aromatic carbocycles. The van der Waals surface area contributed by atoms with Gasteiger partial charge in [-0.2, -0.15) is 0 Å². The molecule has 4 atom stereocenters. The molecule has 0 saturated carbocycles. The summed E-state index contributed by atoms with van der Waals surface area (Å²) in [6.07, 6.45) is 0.283. The highest BCUT2D eigenvalue weighted by Gasteiger charge is 2.29. The Morgan fingerprint density at radius 2 is 1.48 bits per heavy atom. The van der Waals surface area contributed by atoms with Crippen LogP contribution in [0.4, 0.5) is 0 Å². The lowest BCUT2D eigenvalue weighted by molar-refractivity contribution is -0.138. The third-order valence-corrected chi connectivity index (χ3v) is 4.83. The van der Waals surface area contributed by atoms with Gasteiger partial charge in [0.05, 0.1) is 6.04 Å². The molecule has 188 valence electrons. The minimum Gasteiger partial charge on any atom is -0.481 e. The maximum Gasteiger partial charge on any atom is 0.322 e. The van der Waals surface area contributed by atoms with E-state index in [9.17, 15) is 24.0 Å². The zero-order valence-corrected chi connectivity index (χ0v) is 18.9. The van der Waals surface area contributed by atoms with Crippen LogP contribution in [0.1, 0.15) is 46.0 Å². The van der Waals surface area contributed by atoms with Gasteiger partial charge >= 0.3 is 11.9 Å². The second kappa shape index (κ2) is 15.4. The molecule has 33 heavy (non-hydrogen) atoms. The molecule has 0 fully saturated rings. The molecule has 3 amide bonds. The first-order valence-corrected chi connectivity index (χ1v) is 10.5. The first-order valence-electron chi connectivity index (χ1n) is 10.5. The zero-order valence-electron chi connectivity index (χ0n) is 18.9. The van der Waals surface area contributed by atoms with E-state index in [-0.39, 0.29) is 37.7 Å². The molecule has 0 heterocycles. The van der Waals surface area contributed by atoms with Crippen molar-refractivity contribution in [3.63, 3.8) is 0 Å². The summed E-state index contributed by atoms with van der Waals surface area (Å²) in [5.74, 6) is -5.00. The topological polar surface area (TPSA) is 252 Å². The summed E-state index contributed by atoms with van der Waals surface area (Å²) >= 11 is 0. The summed E-state index contributed by atoms with van der Waals surface area (Å²) in [6.45, 7) is 3.09. The standard InChI is InChI=1S/C19H35N7O7/c1-3-10(2)15(20)18(33)26-12(6-7-13(27)28)17(32)25-11(5-4-8-23-19(21)22)16(31)24-9-14(29)30/h10-12,15H,3-9,20H2,1-2H3,(H,24,31)(H,25,32)(H,26,33)(H,27,28)(H,29,30)(H4,21,22,23). The summed E-state index contributed by atoms with van der Waals surface area (Å²) in [7, 11) is 0. The van der Waals surface area contributed by atoms with Crippen LogP contribution in [-0.4, -0.2) is 77.0 Å². The van der Waals surface area contributed by atoms with Crippen LogP contribution in [0.3, 0.4) is 0 Å². The summed E-state index contributed by atoms with van der Waals surface area (Å²) in [4.78, 5) is 63.1. The predicted octanol–water partition coefficient (Wildman–Crippen LogP) is -2.55. The van der Waals surface area contributed by atoms with Crippen LogP contribution in [-0.2, 0) is 24.0 Å². The van der Waals surface area contributed by atoms with Crippen LogP contribution in [0.15, 0.2) is 4.99 Å². The van der Waals surface area contributed by atoms with Gasteiger partial charge in [-0.3, -0.25) is 29.0 Å². The van der Waals surface area contributed by atoms with E-state index >= 15 is 0 Å². The molecule has 0 bridgehead atoms. The van der Waals surface area contributed by atoms with E-state index in [1.165, 1.54) is 0 Å². The Balaban J connectivity index is 5.42. The monoisotopic (exact) mass is 473 g/mol. The molecule has 0 aliphatic heterocycles. The van der Waals surface area contributed by atoms with E-state index in [4.69, 9.17) is 27.4 Å². The predicted molar refractivity (Wildman–Crippen MR) is 119 cm³/mol. The largest absolute Gasteiger partial charge is 0.481 e. The number of carboxylic acids is 2. The maximum atomic E-state index is 12.8. The lowest BCUT2D eigenvalue weighted by Gasteiger charge is -2.25. The van der Waals surface area contributed by atoms with Gasteiger partial charge in [0.1, 0.15) is 18.6 Å². The summed E-state index contributed by atoms with van der Waals surface area (Å²) < 4.78 is 0. The van der Waals surface area contributed by atoms with Gasteiger partial charge in [0.25, 0.3) is 0 Å². The van der Waals surface area contributed by atoms with E-state index in [0.29, 0.717) is 6.42 Å². The van der Waals surface area contributed by atoms with E-state index in [2.05, 4.69) is 20.9 Å². The third-order valence-electron chi connectivity index (χ3n) is 4.83. The molecule has 14 nitrogen and oxygen atoms in total. The number of nitrogens with two attached hydrogens (primary N) is 3. The molecule has 0 aliphatic carbocycles. The van der Waals surface area contributed by atoms with E-state index in [1.54, 1.807) is 6.92 Å². The van der Waals surface area contributed by atoms with Gasteiger partial charge in [-0.05, 0) is 25.2 Å². The van der Waals surface area contributed by atoms with Crippen molar-refractivity contribution in [1.29, 1.82) is 0 Å². The van der Waals surface area contributed by atoms with Crippen LogP contribution in [0.5, 0.6) is 0 Å². The van der Waals surface area contributed by atoms with E-state index < -0.39 is 60.8 Å². The highest BCUT2D eigenvalue weighted by molar-refractivity contribution is 5.93. The number of guanidine groups is 1. The molecular weight excluding hydrogens is 438 g/mol. The van der Waals surface area contributed by atoms with Crippen molar-refractivity contribution in [1.82, 2.24) is 16.0 Å². The normalized spacial score (nSPS) is 14.2. The van der Waals surface area contributed by atoms with Gasteiger partial charge < -0.3 is 43.4 Å². The Morgan fingerprint density at radius 3 is 2.00 bits per heavy atom. The molecule has 4 unspecified atom stereocenters. The van der Waals surface area contributed by atoms with Crippen molar-refractivity contribution in [3.8, 4) is 0 Å². The Bertz CT molecular complexity index is 725. The fraction of sp³-hybridized carbons (Fsp3) is 0.684. The lowest BCUT2D eigenvalue weighted by atomic mass is 9.98. The van der Waals surface area contributed by atoms with Crippen LogP contribution in [0.25, 0.3) is 0 Å². The molecule has 0 spiro atoms. The number of hydrogen-bond donors (Lipinski definition) is 8. The number of amides is 3. The Kier molecular flexibility index (Phi) is 13.8. The summed E-state index contributed by atoms with van der Waals surface area (Å²) in [6, 6.07) is -3.35. The fourth-order valence-corrected chi connectivity index (χ4v) is 2.65. The highest BCUT2D eigenvalue weighted by atomic mass is 16.4. The van der Waals surface area contributed by atoms with Gasteiger partial charge in [-0.25, -0.2) is 0 Å². The van der Waals surface area contributed by atoms with E-state index in [1.807, 2.05) is 6.92 Å². The number of nitrogens with zero attached hydrogens (tertiary/aromatic N) is 1. The molecular formula is C19H35N7O7. The average molecular weight is 474 g/mol. The van der Waals surface area contributed by atoms with Crippen molar-refractivity contribution in [2.75, 3.05) is 13.1 Å². The van der Waals surface area contributed by atoms with Gasteiger partial charge in [-0.15, -0.1) is 0 Å². The van der Waals surface area contributed by atoms with Gasteiger partial charge in [0.15, 0.2) is 5.96 Å². The number of carbonyl (C=O) groups excluding carboxylic acids is 3. The number of nitrogens with one attached hydrogen (secondary N) is 3. The lowest BCUT2D eigenvalue weighted by Crippen LogP contribution is -2.56. The number of hydrogen-bond acceptors (Lipinski definition) is 7. The van der Waals surface area contributed by atoms with Crippen LogP contribution in [0.2, 0.25) is 0 Å². The number of rotatable bonds is 16. The molecule has 0 aromatic rings. The molecule has 0 rings (SSSR count). The SMILES string of the molecule is CCC(C)C(N)C(=O)NC(CCC(=O)O)C(=O)NC(CCCN=C(N)N)C(=O)NCC(=O)O. The minimum absolute atomic E-state index is 0.0555. The van der Waals surface area contributed by atoms with Gasteiger partial charge in [0.2, 0.25) is 17.7 Å². The number of aliphatic carboxylic acids is 2. The Hall–Kier alpha value is -3.42. The second-order valence-corrected chi connectivity index (χ2v) is 7.53. The molecule has 11 N–H and O–H groups in total. The second-order valence-electron chi connectivity index (χ2n) is 7.53. The first-order chi connectivity index (χ1) is 15.4. The van der Waals surface area contributed by atoms with Crippen LogP contribution < -0.4 is 33.2 Å². The van der Waals surface area contributed by atoms with Crippen LogP contribution >= 0.6 is 0 Å². The van der Waals surface area contributed by atoms with Crippen LogP contribution in [0, 0.1) is 5.92 Å². The molecule has 14 heteroatoms. The van der Waals surface area contributed by atoms with Crippen molar-refractivity contribution in [2.24, 2.45) is 28.1 Å². The average Bonchev–Trinajstić information content (AvgIpc) is 2.74. The zero-order chi connectivity index (χ0) is 25.6. The number of carbonyl (C=O) groups is 5. The van der Waals surface area contributed by atoms with Crippen molar-refractivity contribution < 1.29 is 34.2 Å². The fourth-order valence-electron chi connectivity index (χ4n) is 2.65. The quantitative estimate of drug-likeness (QED) is 0.0661. The molecule has 0 aliphatic rings. The third kappa shape index (κ3) is 12.9. The van der Waals surface area contributed by atoms with Crippen molar-refractivity contribution >= 4 is 35.6 Å². The molecule has 0 radical (unpaired) electrons. The van der Waals surface area contributed by atoms with Gasteiger partial charge in [0, 0.05) is 13.0 Å². The first kappa shape index (κ1) is 29.6. The summed E-state index contributed by atoms with van der Waals surface area (Å²) in [5.41, 5.74) is 16.4. The Morgan fingerprint density at radius 1 is 0.909 bits per heavy atom. The highest BCUT2D eigenvalue weighted by Crippen LogP contribution is 2.08.